The highest BCUT2D eigenvalue weighted by Crippen LogP contribution is 2.52. The molecule has 0 aliphatic carbocycles. The summed E-state index contributed by atoms with van der Waals surface area (Å²) in [6.45, 7) is 0.219. The fraction of sp³-hybridized carbons (Fsp3) is 0.591. The first kappa shape index (κ1) is 34.4. The predicted octanol–water partition coefficient (Wildman–Crippen LogP) is 7.25. The fourth-order valence-electron chi connectivity index (χ4n) is 2.76. The molecule has 1 rings (SSSR count). The molecular formula is C22H23F11O6. The van der Waals surface area contributed by atoms with Crippen LogP contribution in [0.4, 0.5) is 48.3 Å². The number of allylic oxidation sites excluding steroid dienone is 1. The van der Waals surface area contributed by atoms with Gasteiger partial charge in [0.05, 0.1) is 7.11 Å². The Bertz CT molecular complexity index is 1040. The Kier molecular flexibility index (Phi) is 9.76. The molecule has 0 spiro atoms. The van der Waals surface area contributed by atoms with Crippen molar-refractivity contribution in [2.45, 2.75) is 75.9 Å². The van der Waals surface area contributed by atoms with Crippen molar-refractivity contribution in [3.8, 4) is 5.75 Å². The highest BCUT2D eigenvalue weighted by molar-refractivity contribution is 6.04. The normalized spacial score (nSPS) is 16.2. The Balaban J connectivity index is 3.28. The molecule has 0 radical (unpaired) electrons. The van der Waals surface area contributed by atoms with E-state index in [2.05, 4.69) is 14.2 Å². The number of carbonyl (C=O) groups is 1. The molecule has 1 aromatic rings. The molecule has 224 valence electrons. The van der Waals surface area contributed by atoms with Crippen molar-refractivity contribution in [2.24, 2.45) is 0 Å². The van der Waals surface area contributed by atoms with E-state index in [-0.39, 0.29) is 38.2 Å². The summed E-state index contributed by atoms with van der Waals surface area (Å²) in [5, 5.41) is 9.56. The Hall–Kier alpha value is -2.66. The summed E-state index contributed by atoms with van der Waals surface area (Å²) in [6, 6.07) is 4.52. The van der Waals surface area contributed by atoms with E-state index in [1.54, 1.807) is 0 Å². The summed E-state index contributed by atoms with van der Waals surface area (Å²) in [7, 11) is 1.27. The van der Waals surface area contributed by atoms with Gasteiger partial charge in [-0.15, -0.1) is 13.2 Å². The molecule has 1 unspecified atom stereocenters. The van der Waals surface area contributed by atoms with Crippen molar-refractivity contribution in [3.63, 3.8) is 0 Å². The lowest BCUT2D eigenvalue weighted by molar-refractivity contribution is -0.486. The van der Waals surface area contributed by atoms with Crippen LogP contribution in [0.15, 0.2) is 36.1 Å². The van der Waals surface area contributed by atoms with Gasteiger partial charge in [0.2, 0.25) is 0 Å². The van der Waals surface area contributed by atoms with Crippen LogP contribution in [0.3, 0.4) is 0 Å². The number of methoxy groups -OCH3 is 1. The predicted molar refractivity (Wildman–Crippen MR) is 110 cm³/mol. The van der Waals surface area contributed by atoms with Crippen LogP contribution in [0.5, 0.6) is 5.75 Å². The number of aliphatic hydroxyl groups is 1. The average molecular weight is 592 g/mol. The van der Waals surface area contributed by atoms with Crippen molar-refractivity contribution in [1.82, 2.24) is 0 Å². The van der Waals surface area contributed by atoms with Crippen molar-refractivity contribution < 1.29 is 77.1 Å². The van der Waals surface area contributed by atoms with Crippen LogP contribution in [0.2, 0.25) is 0 Å². The van der Waals surface area contributed by atoms with E-state index in [0.29, 0.717) is 6.92 Å². The van der Waals surface area contributed by atoms with Gasteiger partial charge in [0.25, 0.3) is 0 Å². The summed E-state index contributed by atoms with van der Waals surface area (Å²) in [5.41, 5.74) is -8.51. The van der Waals surface area contributed by atoms with Gasteiger partial charge in [-0.05, 0) is 51.5 Å². The minimum absolute atomic E-state index is 0.0754. The summed E-state index contributed by atoms with van der Waals surface area (Å²) < 4.78 is 167. The lowest BCUT2D eigenvalue weighted by atomic mass is 9.97. The molecule has 0 fully saturated rings. The van der Waals surface area contributed by atoms with Gasteiger partial charge in [-0.3, -0.25) is 14.3 Å². The van der Waals surface area contributed by atoms with Crippen LogP contribution in [-0.4, -0.2) is 59.8 Å². The van der Waals surface area contributed by atoms with Gasteiger partial charge >= 0.3 is 30.6 Å². The highest BCUT2D eigenvalue weighted by Gasteiger charge is 2.73. The zero-order chi connectivity index (χ0) is 30.9. The second-order valence-corrected chi connectivity index (χ2v) is 8.59. The third kappa shape index (κ3) is 7.72. The van der Waals surface area contributed by atoms with E-state index in [9.17, 15) is 58.2 Å². The number of halogens is 11. The zero-order valence-corrected chi connectivity index (χ0v) is 20.7. The molecule has 1 aromatic carbocycles. The summed E-state index contributed by atoms with van der Waals surface area (Å²) >= 11 is 0. The fourth-order valence-corrected chi connectivity index (χ4v) is 2.76. The topological polar surface area (TPSA) is 74.2 Å². The maximum Gasteiger partial charge on any atom is 0.523 e. The molecule has 1 atom stereocenters. The molecule has 17 heteroatoms. The van der Waals surface area contributed by atoms with E-state index in [0.717, 1.165) is 12.1 Å². The maximum atomic E-state index is 14.7. The molecule has 1 N–H and O–H groups in total. The molecule has 0 saturated carbocycles. The van der Waals surface area contributed by atoms with Crippen molar-refractivity contribution in [2.75, 3.05) is 7.11 Å². The Morgan fingerprint density at radius 3 is 1.72 bits per heavy atom. The molecule has 0 bridgehead atoms. The Morgan fingerprint density at radius 1 is 0.821 bits per heavy atom. The maximum absolute atomic E-state index is 14.7. The second-order valence-electron chi connectivity index (χ2n) is 8.59. The van der Waals surface area contributed by atoms with Gasteiger partial charge in [-0.25, -0.2) is 4.74 Å². The van der Waals surface area contributed by atoms with Gasteiger partial charge in [-0.1, -0.05) is 6.92 Å². The standard InChI is InChI=1S/C22H23F11O6/c1-6-17(4,38-21(29,30)19(25,26)16(2,3)37-22(31,32)33)20(27,28)39-18(23,24)15(35)11-14(34)12-7-9-13(36-5)10-8-12/h7-11,35H,6H2,1-5H3/b15-11-. The van der Waals surface area contributed by atoms with E-state index >= 15 is 0 Å². The summed E-state index contributed by atoms with van der Waals surface area (Å²) in [5.74, 6) is -9.52. The number of ketones is 1. The van der Waals surface area contributed by atoms with E-state index in [4.69, 9.17) is 4.74 Å². The monoisotopic (exact) mass is 592 g/mol. The Labute approximate surface area is 214 Å². The van der Waals surface area contributed by atoms with Gasteiger partial charge in [0.15, 0.2) is 17.1 Å². The summed E-state index contributed by atoms with van der Waals surface area (Å²) in [4.78, 5) is 12.1. The van der Waals surface area contributed by atoms with Crippen LogP contribution in [-0.2, 0) is 14.2 Å². The quantitative estimate of drug-likeness (QED) is 0.113. The van der Waals surface area contributed by atoms with Crippen LogP contribution < -0.4 is 4.74 Å². The Morgan fingerprint density at radius 2 is 1.31 bits per heavy atom. The highest BCUT2D eigenvalue weighted by atomic mass is 19.4. The molecule has 0 aliphatic heterocycles. The molecule has 0 aliphatic rings. The minimum atomic E-state index is -6.18. The first-order chi connectivity index (χ1) is 17.3. The van der Waals surface area contributed by atoms with Gasteiger partial charge in [0.1, 0.15) is 11.4 Å². The first-order valence-corrected chi connectivity index (χ1v) is 10.6. The van der Waals surface area contributed by atoms with Crippen molar-refractivity contribution in [3.05, 3.63) is 41.7 Å². The molecule has 6 nitrogen and oxygen atoms in total. The summed E-state index contributed by atoms with van der Waals surface area (Å²) in [6.07, 6.45) is -24.9. The third-order valence-corrected chi connectivity index (χ3v) is 5.33. The third-order valence-electron chi connectivity index (χ3n) is 5.33. The van der Waals surface area contributed by atoms with Crippen molar-refractivity contribution >= 4 is 5.78 Å². The number of benzene rings is 1. The molecule has 0 heterocycles. The first-order valence-electron chi connectivity index (χ1n) is 10.6. The lowest BCUT2D eigenvalue weighted by Crippen LogP contribution is -2.64. The van der Waals surface area contributed by atoms with Crippen LogP contribution >= 0.6 is 0 Å². The zero-order valence-electron chi connectivity index (χ0n) is 20.7. The SMILES string of the molecule is CCC(C)(OC(F)(F)C(F)(F)C(C)(C)OC(F)(F)F)C(F)(F)OC(F)(F)/C(O)=C/C(=O)c1ccc(OC)cc1. The molecule has 0 amide bonds. The van der Waals surface area contributed by atoms with Crippen LogP contribution in [0.25, 0.3) is 0 Å². The second kappa shape index (κ2) is 11.1. The van der Waals surface area contributed by atoms with Crippen LogP contribution in [0.1, 0.15) is 44.5 Å². The van der Waals surface area contributed by atoms with Gasteiger partial charge < -0.3 is 9.84 Å². The number of rotatable bonds is 13. The lowest BCUT2D eigenvalue weighted by Gasteiger charge is -2.43. The minimum Gasteiger partial charge on any atom is -0.504 e. The van der Waals surface area contributed by atoms with Crippen LogP contribution in [0, 0.1) is 0 Å². The van der Waals surface area contributed by atoms with Crippen molar-refractivity contribution in [1.29, 1.82) is 0 Å². The number of ether oxygens (including phenoxy) is 4. The average Bonchev–Trinajstić information content (AvgIpc) is 2.76. The van der Waals surface area contributed by atoms with Gasteiger partial charge in [-0.2, -0.15) is 35.1 Å². The number of aliphatic hydroxyl groups excluding tert-OH is 1. The number of alkyl halides is 11. The number of hydrogen-bond donors (Lipinski definition) is 1. The van der Waals surface area contributed by atoms with E-state index < -0.39 is 59.8 Å². The molecular weight excluding hydrogens is 569 g/mol. The molecule has 0 saturated heterocycles. The smallest absolute Gasteiger partial charge is 0.504 e. The molecule has 39 heavy (non-hydrogen) atoms. The largest absolute Gasteiger partial charge is 0.523 e. The number of hydrogen-bond acceptors (Lipinski definition) is 6. The number of carbonyl (C=O) groups excluding carboxylic acids is 1. The van der Waals surface area contributed by atoms with E-state index in [1.165, 1.54) is 19.2 Å². The molecule has 0 aromatic heterocycles. The van der Waals surface area contributed by atoms with Gasteiger partial charge in [0, 0.05) is 11.6 Å². The van der Waals surface area contributed by atoms with E-state index in [1.807, 2.05) is 0 Å².